The molecule has 0 aromatic heterocycles. The zero-order valence-electron chi connectivity index (χ0n) is 10.8. The second-order valence-electron chi connectivity index (χ2n) is 4.41. The molecule has 0 radical (unpaired) electrons. The zero-order chi connectivity index (χ0) is 15.4. The maximum absolute atomic E-state index is 12.1. The topological polar surface area (TPSA) is 49.3 Å². The molecule has 3 nitrogen and oxygen atoms in total. The van der Waals surface area contributed by atoms with Gasteiger partial charge in [0.25, 0.3) is 5.91 Å². The molecule has 2 rings (SSSR count). The van der Waals surface area contributed by atoms with Crippen LogP contribution in [0.1, 0.15) is 22.0 Å². The first kappa shape index (κ1) is 16.5. The third-order valence-corrected chi connectivity index (χ3v) is 4.22. The Morgan fingerprint density at radius 2 is 1.81 bits per heavy atom. The van der Waals surface area contributed by atoms with Gasteiger partial charge in [-0.15, -0.1) is 0 Å². The highest BCUT2D eigenvalue weighted by molar-refractivity contribution is 14.1. The lowest BCUT2D eigenvalue weighted by Gasteiger charge is -2.13. The van der Waals surface area contributed by atoms with Gasteiger partial charge in [0.05, 0.1) is 11.7 Å². The van der Waals surface area contributed by atoms with E-state index in [0.717, 1.165) is 3.57 Å². The summed E-state index contributed by atoms with van der Waals surface area (Å²) in [5, 5.41) is 13.7. The van der Waals surface area contributed by atoms with Crippen LogP contribution in [-0.2, 0) is 0 Å². The lowest BCUT2D eigenvalue weighted by molar-refractivity contribution is 0.0915. The number of hydrogen-bond acceptors (Lipinski definition) is 2. The van der Waals surface area contributed by atoms with E-state index in [1.807, 2.05) is 12.1 Å². The molecular weight excluding hydrogens is 424 g/mol. The Balaban J connectivity index is 2.02. The molecule has 0 spiro atoms. The largest absolute Gasteiger partial charge is 0.387 e. The van der Waals surface area contributed by atoms with E-state index in [2.05, 4.69) is 27.9 Å². The number of hydrogen-bond donors (Lipinski definition) is 2. The summed E-state index contributed by atoms with van der Waals surface area (Å²) < 4.78 is 0.855. The summed E-state index contributed by atoms with van der Waals surface area (Å²) in [4.78, 5) is 12.1. The zero-order valence-corrected chi connectivity index (χ0v) is 14.5. The van der Waals surface area contributed by atoms with Crippen LogP contribution in [0.15, 0.2) is 42.5 Å². The lowest BCUT2D eigenvalue weighted by Crippen LogP contribution is -2.28. The fraction of sp³-hybridized carbons (Fsp3) is 0.133. The van der Waals surface area contributed by atoms with E-state index in [1.54, 1.807) is 30.3 Å². The number of benzene rings is 2. The number of rotatable bonds is 4. The molecule has 110 valence electrons. The molecular formula is C15H12Cl2INO2. The summed E-state index contributed by atoms with van der Waals surface area (Å²) in [6.45, 7) is 0.0838. The number of aliphatic hydroxyl groups excluding tert-OH is 1. The van der Waals surface area contributed by atoms with Gasteiger partial charge in [-0.25, -0.2) is 0 Å². The molecule has 0 aliphatic carbocycles. The summed E-state index contributed by atoms with van der Waals surface area (Å²) in [6, 6.07) is 12.1. The highest BCUT2D eigenvalue weighted by atomic mass is 127. The molecule has 1 amide bonds. The predicted octanol–water partition coefficient (Wildman–Crippen LogP) is 4.06. The Labute approximate surface area is 146 Å². The summed E-state index contributed by atoms with van der Waals surface area (Å²) in [5.41, 5.74) is 1.14. The second-order valence-corrected chi connectivity index (χ2v) is 6.44. The Hall–Kier alpha value is -0.820. The summed E-state index contributed by atoms with van der Waals surface area (Å²) in [6.07, 6.45) is -0.869. The molecule has 21 heavy (non-hydrogen) atoms. The first-order valence-corrected chi connectivity index (χ1v) is 7.97. The van der Waals surface area contributed by atoms with Gasteiger partial charge < -0.3 is 10.4 Å². The molecule has 0 saturated heterocycles. The van der Waals surface area contributed by atoms with E-state index < -0.39 is 6.10 Å². The van der Waals surface area contributed by atoms with E-state index in [-0.39, 0.29) is 12.5 Å². The number of halogens is 3. The highest BCUT2D eigenvalue weighted by Gasteiger charge is 2.13. The second kappa shape index (κ2) is 7.45. The van der Waals surface area contributed by atoms with E-state index in [0.29, 0.717) is 21.2 Å². The van der Waals surface area contributed by atoms with E-state index >= 15 is 0 Å². The predicted molar refractivity (Wildman–Crippen MR) is 92.9 cm³/mol. The molecule has 1 atom stereocenters. The van der Waals surface area contributed by atoms with Crippen LogP contribution in [-0.4, -0.2) is 17.6 Å². The number of carbonyl (C=O) groups is 1. The van der Waals surface area contributed by atoms with Crippen LogP contribution in [0.3, 0.4) is 0 Å². The summed E-state index contributed by atoms with van der Waals surface area (Å²) >= 11 is 13.9. The lowest BCUT2D eigenvalue weighted by atomic mass is 10.1. The van der Waals surface area contributed by atoms with Gasteiger partial charge in [0.15, 0.2) is 0 Å². The number of carbonyl (C=O) groups excluding carboxylic acids is 1. The van der Waals surface area contributed by atoms with Crippen molar-refractivity contribution in [3.05, 3.63) is 67.2 Å². The van der Waals surface area contributed by atoms with Crippen molar-refractivity contribution < 1.29 is 9.90 Å². The molecule has 6 heteroatoms. The maximum atomic E-state index is 12.1. The average molecular weight is 436 g/mol. The molecule has 2 aromatic carbocycles. The van der Waals surface area contributed by atoms with Crippen molar-refractivity contribution >= 4 is 51.7 Å². The smallest absolute Gasteiger partial charge is 0.252 e. The fourth-order valence-corrected chi connectivity index (χ4v) is 2.99. The van der Waals surface area contributed by atoms with Gasteiger partial charge in [0, 0.05) is 20.2 Å². The van der Waals surface area contributed by atoms with Crippen LogP contribution in [0.25, 0.3) is 0 Å². The van der Waals surface area contributed by atoms with Crippen molar-refractivity contribution in [1.82, 2.24) is 5.32 Å². The SMILES string of the molecule is O=C(NCC(O)c1cc(Cl)cc(Cl)c1)c1ccccc1I. The van der Waals surface area contributed by atoms with Crippen molar-refractivity contribution in [3.8, 4) is 0 Å². The fourth-order valence-electron chi connectivity index (χ4n) is 1.82. The monoisotopic (exact) mass is 435 g/mol. The van der Waals surface area contributed by atoms with Crippen molar-refractivity contribution in [3.63, 3.8) is 0 Å². The Morgan fingerprint density at radius 3 is 2.43 bits per heavy atom. The Kier molecular flexibility index (Phi) is 5.87. The standard InChI is InChI=1S/C15H12Cl2INO2/c16-10-5-9(6-11(17)7-10)14(20)8-19-15(21)12-3-1-2-4-13(12)18/h1-7,14,20H,8H2,(H,19,21). The molecule has 2 N–H and O–H groups in total. The normalized spacial score (nSPS) is 12.0. The van der Waals surface area contributed by atoms with Gasteiger partial charge >= 0.3 is 0 Å². The van der Waals surface area contributed by atoms with Gasteiger partial charge in [-0.1, -0.05) is 35.3 Å². The van der Waals surface area contributed by atoms with Crippen LogP contribution in [0, 0.1) is 3.57 Å². The molecule has 1 unspecified atom stereocenters. The van der Waals surface area contributed by atoms with Crippen LogP contribution in [0.2, 0.25) is 10.0 Å². The van der Waals surface area contributed by atoms with Gasteiger partial charge in [0.1, 0.15) is 0 Å². The molecule has 0 aliphatic heterocycles. The maximum Gasteiger partial charge on any atom is 0.252 e. The minimum atomic E-state index is -0.869. The first-order valence-electron chi connectivity index (χ1n) is 6.14. The summed E-state index contributed by atoms with van der Waals surface area (Å²) in [7, 11) is 0. The van der Waals surface area contributed by atoms with Crippen LogP contribution in [0.5, 0.6) is 0 Å². The van der Waals surface area contributed by atoms with Crippen LogP contribution >= 0.6 is 45.8 Å². The number of aliphatic hydroxyl groups is 1. The van der Waals surface area contributed by atoms with Crippen LogP contribution in [0.4, 0.5) is 0 Å². The van der Waals surface area contributed by atoms with Crippen molar-refractivity contribution in [2.45, 2.75) is 6.10 Å². The van der Waals surface area contributed by atoms with E-state index in [9.17, 15) is 9.90 Å². The van der Waals surface area contributed by atoms with Gasteiger partial charge in [-0.2, -0.15) is 0 Å². The molecule has 2 aromatic rings. The summed E-state index contributed by atoms with van der Waals surface area (Å²) in [5.74, 6) is -0.229. The first-order chi connectivity index (χ1) is 9.97. The molecule has 0 heterocycles. The molecule has 0 fully saturated rings. The van der Waals surface area contributed by atoms with Gasteiger partial charge in [0.2, 0.25) is 0 Å². The quantitative estimate of drug-likeness (QED) is 0.711. The van der Waals surface area contributed by atoms with Crippen molar-refractivity contribution in [2.24, 2.45) is 0 Å². The Morgan fingerprint density at radius 1 is 1.19 bits per heavy atom. The molecule has 0 saturated carbocycles. The van der Waals surface area contributed by atoms with E-state index in [1.165, 1.54) is 0 Å². The van der Waals surface area contributed by atoms with Crippen molar-refractivity contribution in [1.29, 1.82) is 0 Å². The highest BCUT2D eigenvalue weighted by Crippen LogP contribution is 2.23. The number of nitrogens with one attached hydrogen (secondary N) is 1. The third-order valence-electron chi connectivity index (χ3n) is 2.84. The number of amides is 1. The average Bonchev–Trinajstić information content (AvgIpc) is 2.43. The van der Waals surface area contributed by atoms with Gasteiger partial charge in [-0.05, 0) is 58.5 Å². The van der Waals surface area contributed by atoms with Gasteiger partial charge in [-0.3, -0.25) is 4.79 Å². The van der Waals surface area contributed by atoms with E-state index in [4.69, 9.17) is 23.2 Å². The third kappa shape index (κ3) is 4.57. The minimum Gasteiger partial charge on any atom is -0.387 e. The van der Waals surface area contributed by atoms with Crippen molar-refractivity contribution in [2.75, 3.05) is 6.54 Å². The Bertz CT molecular complexity index is 644. The van der Waals surface area contributed by atoms with Crippen LogP contribution < -0.4 is 5.32 Å². The molecule has 0 bridgehead atoms. The minimum absolute atomic E-state index is 0.0838. The molecule has 0 aliphatic rings.